The highest BCUT2D eigenvalue weighted by Crippen LogP contribution is 2.28. The summed E-state index contributed by atoms with van der Waals surface area (Å²) >= 11 is 1.67. The first-order chi connectivity index (χ1) is 8.33. The monoisotopic (exact) mass is 241 g/mol. The predicted octanol–water partition coefficient (Wildman–Crippen LogP) is 4.38. The minimum Gasteiger partial charge on any atom is -0.464 e. The van der Waals surface area contributed by atoms with Gasteiger partial charge in [-0.2, -0.15) is 0 Å². The number of hydrogen-bond donors (Lipinski definition) is 0. The number of furan rings is 1. The van der Waals surface area contributed by atoms with Gasteiger partial charge in [-0.3, -0.25) is 0 Å². The molecule has 2 aromatic heterocycles. The Morgan fingerprint density at radius 2 is 2.00 bits per heavy atom. The zero-order valence-corrected chi connectivity index (χ0v) is 10.2. The molecule has 0 unspecified atom stereocenters. The van der Waals surface area contributed by atoms with Crippen molar-refractivity contribution >= 4 is 11.3 Å². The molecule has 0 saturated heterocycles. The van der Waals surface area contributed by atoms with E-state index in [2.05, 4.69) is 22.5 Å². The fraction of sp³-hybridized carbons (Fsp3) is 0.0714. The van der Waals surface area contributed by atoms with E-state index in [9.17, 15) is 0 Å². The predicted molar refractivity (Wildman–Crippen MR) is 70.0 cm³/mol. The molecule has 0 amide bonds. The Balaban J connectivity index is 2.05. The van der Waals surface area contributed by atoms with Gasteiger partial charge in [0.25, 0.3) is 0 Å². The average molecular weight is 241 g/mol. The number of nitrogens with zero attached hydrogens (tertiary/aromatic N) is 1. The summed E-state index contributed by atoms with van der Waals surface area (Å²) in [5, 5.41) is 3.12. The van der Waals surface area contributed by atoms with Gasteiger partial charge in [-0.05, 0) is 25.1 Å². The fourth-order valence-corrected chi connectivity index (χ4v) is 2.53. The summed E-state index contributed by atoms with van der Waals surface area (Å²) in [4.78, 5) is 4.49. The van der Waals surface area contributed by atoms with Crippen molar-refractivity contribution in [3.63, 3.8) is 0 Å². The molecular weight excluding hydrogens is 230 g/mol. The molecular formula is C14H11NOS. The smallest absolute Gasteiger partial charge is 0.133 e. The van der Waals surface area contributed by atoms with Gasteiger partial charge in [0, 0.05) is 22.2 Å². The third-order valence-electron chi connectivity index (χ3n) is 2.53. The van der Waals surface area contributed by atoms with Crippen molar-refractivity contribution in [2.24, 2.45) is 0 Å². The Morgan fingerprint density at radius 1 is 1.12 bits per heavy atom. The number of benzene rings is 1. The SMILES string of the molecule is Cc1csc(-c2cccc(-c3ccco3)c2)n1. The second-order valence-electron chi connectivity index (χ2n) is 3.85. The van der Waals surface area contributed by atoms with Gasteiger partial charge in [-0.15, -0.1) is 11.3 Å². The van der Waals surface area contributed by atoms with Crippen LogP contribution in [-0.2, 0) is 0 Å². The van der Waals surface area contributed by atoms with Gasteiger partial charge in [-0.1, -0.05) is 18.2 Å². The van der Waals surface area contributed by atoms with Crippen LogP contribution < -0.4 is 0 Å². The lowest BCUT2D eigenvalue weighted by Crippen LogP contribution is -1.79. The van der Waals surface area contributed by atoms with Crippen LogP contribution in [0.15, 0.2) is 52.5 Å². The summed E-state index contributed by atoms with van der Waals surface area (Å²) in [6.45, 7) is 2.01. The van der Waals surface area contributed by atoms with E-state index < -0.39 is 0 Å². The molecule has 0 aliphatic heterocycles. The Kier molecular flexibility index (Phi) is 2.53. The molecule has 3 rings (SSSR count). The van der Waals surface area contributed by atoms with Crippen molar-refractivity contribution < 1.29 is 4.42 Å². The van der Waals surface area contributed by atoms with Gasteiger partial charge in [-0.25, -0.2) is 4.98 Å². The van der Waals surface area contributed by atoms with E-state index in [1.807, 2.05) is 31.2 Å². The fourth-order valence-electron chi connectivity index (χ4n) is 1.73. The lowest BCUT2D eigenvalue weighted by atomic mass is 10.1. The molecule has 1 aromatic carbocycles. The molecule has 2 heterocycles. The van der Waals surface area contributed by atoms with E-state index in [1.54, 1.807) is 17.6 Å². The first-order valence-electron chi connectivity index (χ1n) is 5.39. The van der Waals surface area contributed by atoms with E-state index in [0.717, 1.165) is 27.6 Å². The van der Waals surface area contributed by atoms with Crippen LogP contribution in [0.4, 0.5) is 0 Å². The highest BCUT2D eigenvalue weighted by molar-refractivity contribution is 7.13. The Morgan fingerprint density at radius 3 is 2.71 bits per heavy atom. The van der Waals surface area contributed by atoms with Crippen LogP contribution in [0.3, 0.4) is 0 Å². The van der Waals surface area contributed by atoms with Crippen molar-refractivity contribution in [1.29, 1.82) is 0 Å². The van der Waals surface area contributed by atoms with Gasteiger partial charge in [0.05, 0.1) is 6.26 Å². The Bertz CT molecular complexity index is 625. The van der Waals surface area contributed by atoms with Crippen molar-refractivity contribution in [1.82, 2.24) is 4.98 Å². The second-order valence-corrected chi connectivity index (χ2v) is 4.71. The lowest BCUT2D eigenvalue weighted by molar-refractivity contribution is 0.582. The Labute approximate surface area is 104 Å². The molecule has 0 bridgehead atoms. The maximum atomic E-state index is 5.40. The first-order valence-corrected chi connectivity index (χ1v) is 6.27. The van der Waals surface area contributed by atoms with E-state index in [-0.39, 0.29) is 0 Å². The number of hydrogen-bond acceptors (Lipinski definition) is 3. The summed E-state index contributed by atoms with van der Waals surface area (Å²) in [7, 11) is 0. The number of rotatable bonds is 2. The van der Waals surface area contributed by atoms with Crippen LogP contribution in [0.1, 0.15) is 5.69 Å². The topological polar surface area (TPSA) is 26.0 Å². The van der Waals surface area contributed by atoms with Crippen LogP contribution in [0, 0.1) is 6.92 Å². The molecule has 3 heteroatoms. The van der Waals surface area contributed by atoms with Gasteiger partial charge < -0.3 is 4.42 Å². The molecule has 84 valence electrons. The summed E-state index contributed by atoms with van der Waals surface area (Å²) in [6.07, 6.45) is 1.69. The van der Waals surface area contributed by atoms with Gasteiger partial charge in [0.15, 0.2) is 0 Å². The van der Waals surface area contributed by atoms with Crippen LogP contribution in [-0.4, -0.2) is 4.98 Å². The zero-order valence-electron chi connectivity index (χ0n) is 9.38. The second kappa shape index (κ2) is 4.18. The minimum atomic E-state index is 0.889. The maximum Gasteiger partial charge on any atom is 0.133 e. The van der Waals surface area contributed by atoms with Crippen LogP contribution in [0.5, 0.6) is 0 Å². The number of aromatic nitrogens is 1. The molecule has 0 atom stereocenters. The highest BCUT2D eigenvalue weighted by Gasteiger charge is 2.05. The highest BCUT2D eigenvalue weighted by atomic mass is 32.1. The van der Waals surface area contributed by atoms with E-state index in [4.69, 9.17) is 4.42 Å². The summed E-state index contributed by atoms with van der Waals surface area (Å²) in [5.41, 5.74) is 3.28. The maximum absolute atomic E-state index is 5.40. The molecule has 0 radical (unpaired) electrons. The molecule has 0 spiro atoms. The summed E-state index contributed by atoms with van der Waals surface area (Å²) < 4.78 is 5.40. The standard InChI is InChI=1S/C14H11NOS/c1-10-9-17-14(15-10)12-5-2-4-11(8-12)13-6-3-7-16-13/h2-9H,1H3. The quantitative estimate of drug-likeness (QED) is 0.665. The van der Waals surface area contributed by atoms with Crippen LogP contribution in [0.25, 0.3) is 21.9 Å². The third-order valence-corrected chi connectivity index (χ3v) is 3.54. The molecule has 0 saturated carbocycles. The molecule has 0 fully saturated rings. The van der Waals surface area contributed by atoms with Gasteiger partial charge in [0.2, 0.25) is 0 Å². The summed E-state index contributed by atoms with van der Waals surface area (Å²) in [5.74, 6) is 0.889. The van der Waals surface area contributed by atoms with Crippen molar-refractivity contribution in [2.45, 2.75) is 6.92 Å². The van der Waals surface area contributed by atoms with Crippen molar-refractivity contribution in [3.8, 4) is 21.9 Å². The van der Waals surface area contributed by atoms with Gasteiger partial charge in [0.1, 0.15) is 10.8 Å². The largest absolute Gasteiger partial charge is 0.464 e. The lowest BCUT2D eigenvalue weighted by Gasteiger charge is -2.00. The molecule has 0 aliphatic rings. The van der Waals surface area contributed by atoms with E-state index >= 15 is 0 Å². The molecule has 3 aromatic rings. The van der Waals surface area contributed by atoms with Gasteiger partial charge >= 0.3 is 0 Å². The van der Waals surface area contributed by atoms with Crippen molar-refractivity contribution in [3.05, 3.63) is 53.7 Å². The summed E-state index contributed by atoms with van der Waals surface area (Å²) in [6, 6.07) is 12.1. The minimum absolute atomic E-state index is 0.889. The first kappa shape index (κ1) is 10.3. The van der Waals surface area contributed by atoms with Crippen LogP contribution >= 0.6 is 11.3 Å². The van der Waals surface area contributed by atoms with E-state index in [1.165, 1.54) is 0 Å². The average Bonchev–Trinajstić information content (AvgIpc) is 3.00. The molecule has 0 aliphatic carbocycles. The normalized spacial score (nSPS) is 10.6. The molecule has 2 nitrogen and oxygen atoms in total. The third kappa shape index (κ3) is 2.01. The molecule has 0 N–H and O–H groups in total. The van der Waals surface area contributed by atoms with E-state index in [0.29, 0.717) is 0 Å². The molecule has 17 heavy (non-hydrogen) atoms. The zero-order chi connectivity index (χ0) is 11.7. The van der Waals surface area contributed by atoms with Crippen LogP contribution in [0.2, 0.25) is 0 Å². The number of thiazole rings is 1. The van der Waals surface area contributed by atoms with Crippen molar-refractivity contribution in [2.75, 3.05) is 0 Å². The Hall–Kier alpha value is -1.87. The number of aryl methyl sites for hydroxylation is 1.